The summed E-state index contributed by atoms with van der Waals surface area (Å²) in [7, 11) is 1.61. The van der Waals surface area contributed by atoms with Gasteiger partial charge in [-0.15, -0.1) is 0 Å². The van der Waals surface area contributed by atoms with Gasteiger partial charge in [-0.25, -0.2) is 0 Å². The topological polar surface area (TPSA) is 71.6 Å². The first-order chi connectivity index (χ1) is 14.6. The summed E-state index contributed by atoms with van der Waals surface area (Å²) >= 11 is 0. The van der Waals surface area contributed by atoms with Gasteiger partial charge in [0.15, 0.2) is 5.78 Å². The lowest BCUT2D eigenvalue weighted by molar-refractivity contribution is 0.0646. The summed E-state index contributed by atoms with van der Waals surface area (Å²) < 4.78 is 10.7. The minimum atomic E-state index is -0.0566. The Morgan fingerprint density at radius 1 is 1.03 bits per heavy atom. The molecule has 2 heterocycles. The zero-order valence-electron chi connectivity index (χ0n) is 17.3. The smallest absolute Gasteiger partial charge is 0.270 e. The molecule has 156 valence electrons. The number of fused-ring (bicyclic) bond motifs is 1. The van der Waals surface area contributed by atoms with Gasteiger partial charge in [-0.05, 0) is 62.2 Å². The van der Waals surface area contributed by atoms with Gasteiger partial charge in [0, 0.05) is 41.5 Å². The van der Waals surface area contributed by atoms with Crippen molar-refractivity contribution >= 4 is 22.6 Å². The number of piperidine rings is 1. The number of rotatable bonds is 6. The number of methoxy groups -OCH3 is 1. The fraction of sp³-hybridized carbons (Fsp3) is 0.333. The molecule has 3 aromatic rings. The maximum atomic E-state index is 13.0. The van der Waals surface area contributed by atoms with Gasteiger partial charge in [0.1, 0.15) is 17.2 Å². The number of carbonyl (C=O) groups is 2. The summed E-state index contributed by atoms with van der Waals surface area (Å²) in [6.45, 7) is 3.69. The van der Waals surface area contributed by atoms with Crippen LogP contribution in [0.2, 0.25) is 0 Å². The molecule has 2 aromatic carbocycles. The number of amides is 1. The zero-order chi connectivity index (χ0) is 21.1. The molecule has 0 radical (unpaired) electrons. The van der Waals surface area contributed by atoms with E-state index in [4.69, 9.17) is 9.47 Å². The Labute approximate surface area is 175 Å². The van der Waals surface area contributed by atoms with Crippen molar-refractivity contribution in [2.24, 2.45) is 5.92 Å². The van der Waals surface area contributed by atoms with Crippen LogP contribution >= 0.6 is 0 Å². The van der Waals surface area contributed by atoms with Crippen LogP contribution in [0.25, 0.3) is 10.9 Å². The van der Waals surface area contributed by atoms with E-state index in [1.54, 1.807) is 31.4 Å². The van der Waals surface area contributed by atoms with E-state index in [2.05, 4.69) is 4.98 Å². The first-order valence-electron chi connectivity index (χ1n) is 10.3. The fourth-order valence-electron chi connectivity index (χ4n) is 3.98. The average molecular weight is 406 g/mol. The average Bonchev–Trinajstić information content (AvgIpc) is 3.22. The molecule has 0 bridgehead atoms. The van der Waals surface area contributed by atoms with Crippen LogP contribution in [0.3, 0.4) is 0 Å². The molecule has 1 saturated heterocycles. The highest BCUT2D eigenvalue weighted by molar-refractivity contribution is 5.99. The van der Waals surface area contributed by atoms with Gasteiger partial charge < -0.3 is 19.4 Å². The highest BCUT2D eigenvalue weighted by Gasteiger charge is 2.29. The third kappa shape index (κ3) is 4.03. The quantitative estimate of drug-likeness (QED) is 0.619. The molecule has 6 nitrogen and oxygen atoms in total. The van der Waals surface area contributed by atoms with Gasteiger partial charge in [0.25, 0.3) is 5.91 Å². The van der Waals surface area contributed by atoms with E-state index in [1.165, 1.54) is 0 Å². The van der Waals surface area contributed by atoms with E-state index in [1.807, 2.05) is 36.1 Å². The molecule has 4 rings (SSSR count). The number of benzene rings is 2. The van der Waals surface area contributed by atoms with Gasteiger partial charge in [-0.1, -0.05) is 0 Å². The number of ketones is 1. The number of aromatic nitrogens is 1. The molecular formula is C24H26N2O4. The highest BCUT2D eigenvalue weighted by atomic mass is 16.5. The molecule has 1 aromatic heterocycles. The number of Topliss-reactive ketones (excluding diaryl/α,β-unsaturated/α-hetero) is 1. The number of ether oxygens (including phenoxy) is 2. The Hall–Kier alpha value is -3.28. The number of hydrogen-bond acceptors (Lipinski definition) is 4. The van der Waals surface area contributed by atoms with Crippen molar-refractivity contribution < 1.29 is 19.1 Å². The second-order valence-corrected chi connectivity index (χ2v) is 7.52. The van der Waals surface area contributed by atoms with Crippen molar-refractivity contribution in [2.45, 2.75) is 19.8 Å². The standard InChI is InChI=1S/C24H26N2O4/c1-3-30-20-9-6-18-14-22(25-21(18)15-20)24(28)26-12-10-17(11-13-26)23(27)16-4-7-19(29-2)8-5-16/h4-9,14-15,17,25H,3,10-13H2,1-2H3. The normalized spacial score (nSPS) is 14.7. The summed E-state index contributed by atoms with van der Waals surface area (Å²) in [6, 6.07) is 14.9. The molecule has 30 heavy (non-hydrogen) atoms. The predicted molar refractivity (Wildman–Crippen MR) is 115 cm³/mol. The summed E-state index contributed by atoms with van der Waals surface area (Å²) in [4.78, 5) is 30.8. The number of likely N-dealkylation sites (tertiary alicyclic amines) is 1. The third-order valence-corrected chi connectivity index (χ3v) is 5.66. The van der Waals surface area contributed by atoms with Gasteiger partial charge in [-0.3, -0.25) is 9.59 Å². The second-order valence-electron chi connectivity index (χ2n) is 7.52. The van der Waals surface area contributed by atoms with Crippen LogP contribution in [0.15, 0.2) is 48.5 Å². The molecule has 1 amide bonds. The Morgan fingerprint density at radius 2 is 1.73 bits per heavy atom. The Balaban J connectivity index is 1.40. The molecule has 0 aliphatic carbocycles. The van der Waals surface area contributed by atoms with Gasteiger partial charge in [0.2, 0.25) is 0 Å². The summed E-state index contributed by atoms with van der Waals surface area (Å²) in [5.74, 6) is 1.57. The third-order valence-electron chi connectivity index (χ3n) is 5.66. The molecular weight excluding hydrogens is 380 g/mol. The first kappa shape index (κ1) is 20.0. The van der Waals surface area contributed by atoms with E-state index in [0.29, 0.717) is 43.8 Å². The van der Waals surface area contributed by atoms with Crippen LogP contribution in [-0.2, 0) is 0 Å². The van der Waals surface area contributed by atoms with E-state index in [-0.39, 0.29) is 17.6 Å². The van der Waals surface area contributed by atoms with Crippen molar-refractivity contribution in [3.63, 3.8) is 0 Å². The second kappa shape index (κ2) is 8.61. The summed E-state index contributed by atoms with van der Waals surface area (Å²) in [5.41, 5.74) is 2.15. The summed E-state index contributed by atoms with van der Waals surface area (Å²) in [5, 5.41) is 0.978. The predicted octanol–water partition coefficient (Wildman–Crippen LogP) is 4.31. The molecule has 1 aliphatic rings. The zero-order valence-corrected chi connectivity index (χ0v) is 17.3. The minimum absolute atomic E-state index is 0.0282. The van der Waals surface area contributed by atoms with Crippen molar-refractivity contribution in [1.29, 1.82) is 0 Å². The van der Waals surface area contributed by atoms with Gasteiger partial charge >= 0.3 is 0 Å². The molecule has 0 spiro atoms. The van der Waals surface area contributed by atoms with Crippen LogP contribution in [0.4, 0.5) is 0 Å². The molecule has 0 atom stereocenters. The number of nitrogens with one attached hydrogen (secondary N) is 1. The van der Waals surface area contributed by atoms with E-state index in [0.717, 1.165) is 22.4 Å². The maximum Gasteiger partial charge on any atom is 0.270 e. The van der Waals surface area contributed by atoms with E-state index >= 15 is 0 Å². The molecule has 6 heteroatoms. The van der Waals surface area contributed by atoms with E-state index in [9.17, 15) is 9.59 Å². The first-order valence-corrected chi connectivity index (χ1v) is 10.3. The minimum Gasteiger partial charge on any atom is -0.497 e. The molecule has 1 aliphatic heterocycles. The van der Waals surface area contributed by atoms with Crippen LogP contribution in [0.1, 0.15) is 40.6 Å². The molecule has 0 saturated carbocycles. The molecule has 1 N–H and O–H groups in total. The Morgan fingerprint density at radius 3 is 2.40 bits per heavy atom. The number of hydrogen-bond donors (Lipinski definition) is 1. The SMILES string of the molecule is CCOc1ccc2cc(C(=O)N3CCC(C(=O)c4ccc(OC)cc4)CC3)[nH]c2c1. The van der Waals surface area contributed by atoms with Crippen LogP contribution in [0, 0.1) is 5.92 Å². The van der Waals surface area contributed by atoms with Crippen LogP contribution < -0.4 is 9.47 Å². The van der Waals surface area contributed by atoms with Crippen molar-refractivity contribution in [1.82, 2.24) is 9.88 Å². The molecule has 1 fully saturated rings. The summed E-state index contributed by atoms with van der Waals surface area (Å²) in [6.07, 6.45) is 1.34. The number of aromatic amines is 1. The van der Waals surface area contributed by atoms with Gasteiger partial charge in [0.05, 0.1) is 13.7 Å². The lowest BCUT2D eigenvalue weighted by atomic mass is 9.89. The van der Waals surface area contributed by atoms with Crippen LogP contribution in [0.5, 0.6) is 11.5 Å². The van der Waals surface area contributed by atoms with E-state index < -0.39 is 0 Å². The van der Waals surface area contributed by atoms with Crippen LogP contribution in [-0.4, -0.2) is 48.4 Å². The fourth-order valence-corrected chi connectivity index (χ4v) is 3.98. The monoisotopic (exact) mass is 406 g/mol. The number of H-pyrrole nitrogens is 1. The Kier molecular flexibility index (Phi) is 5.74. The number of carbonyl (C=O) groups excluding carboxylic acids is 2. The van der Waals surface area contributed by atoms with Crippen molar-refractivity contribution in [3.05, 3.63) is 59.8 Å². The lowest BCUT2D eigenvalue weighted by Crippen LogP contribution is -2.40. The number of nitrogens with zero attached hydrogens (tertiary/aromatic N) is 1. The maximum absolute atomic E-state index is 13.0. The largest absolute Gasteiger partial charge is 0.497 e. The van der Waals surface area contributed by atoms with Gasteiger partial charge in [-0.2, -0.15) is 0 Å². The highest BCUT2D eigenvalue weighted by Crippen LogP contribution is 2.26. The lowest BCUT2D eigenvalue weighted by Gasteiger charge is -2.31. The Bertz CT molecular complexity index is 1050. The van der Waals surface area contributed by atoms with Crippen molar-refractivity contribution in [3.8, 4) is 11.5 Å². The van der Waals surface area contributed by atoms with Crippen molar-refractivity contribution in [2.75, 3.05) is 26.8 Å². The molecule has 0 unspecified atom stereocenters.